The van der Waals surface area contributed by atoms with Gasteiger partial charge in [0.05, 0.1) is 0 Å². The van der Waals surface area contributed by atoms with Gasteiger partial charge in [-0.25, -0.2) is 0 Å². The Kier molecular flexibility index (Phi) is 5.98. The minimum atomic E-state index is -0.0957. The lowest BCUT2D eigenvalue weighted by molar-refractivity contribution is 0.0963. The lowest BCUT2D eigenvalue weighted by atomic mass is 10.2. The molecule has 0 aliphatic heterocycles. The number of rotatable bonds is 1. The molecule has 1 N–H and O–H groups in total. The summed E-state index contributed by atoms with van der Waals surface area (Å²) in [5, 5.41) is 3.16. The molecule has 0 radical (unpaired) electrons. The lowest BCUT2D eigenvalue weighted by Crippen LogP contribution is -2.17. The number of hydrogen-bond acceptors (Lipinski definition) is 1. The number of benzene rings is 1. The summed E-state index contributed by atoms with van der Waals surface area (Å²) in [7, 11) is 1.59. The molecule has 13 heavy (non-hydrogen) atoms. The Morgan fingerprint density at radius 2 is 1.69 bits per heavy atom. The molecule has 2 nitrogen and oxygen atoms in total. The molecular formula is C10H14ClNO. The smallest absolute Gasteiger partial charge is 0.251 e. The van der Waals surface area contributed by atoms with Gasteiger partial charge in [0.25, 0.3) is 5.91 Å². The number of amides is 1. The van der Waals surface area contributed by atoms with E-state index < -0.39 is 0 Å². The zero-order valence-electron chi connectivity index (χ0n) is 8.10. The van der Waals surface area contributed by atoms with Gasteiger partial charge in [0.1, 0.15) is 0 Å². The van der Waals surface area contributed by atoms with Crippen molar-refractivity contribution in [2.24, 2.45) is 0 Å². The molecule has 1 aromatic rings. The molecule has 1 amide bonds. The molecule has 0 fully saturated rings. The number of halogens is 1. The second-order valence-corrected chi connectivity index (χ2v) is 2.52. The van der Waals surface area contributed by atoms with Gasteiger partial charge in [-0.3, -0.25) is 4.79 Å². The van der Waals surface area contributed by atoms with Crippen LogP contribution in [0.25, 0.3) is 0 Å². The van der Waals surface area contributed by atoms with Crippen LogP contribution in [0.4, 0.5) is 0 Å². The van der Waals surface area contributed by atoms with Gasteiger partial charge >= 0.3 is 0 Å². The van der Waals surface area contributed by atoms with Gasteiger partial charge in [-0.05, 0) is 24.3 Å². The van der Waals surface area contributed by atoms with E-state index in [1.165, 1.54) is 0 Å². The van der Waals surface area contributed by atoms with Crippen molar-refractivity contribution in [3.63, 3.8) is 0 Å². The molecule has 0 spiro atoms. The second kappa shape index (κ2) is 6.49. The van der Waals surface area contributed by atoms with Crippen LogP contribution in [0.1, 0.15) is 24.2 Å². The number of hydrogen-bond donors (Lipinski definition) is 1. The van der Waals surface area contributed by atoms with Crippen LogP contribution in [0.5, 0.6) is 0 Å². The van der Waals surface area contributed by atoms with Gasteiger partial charge in [0, 0.05) is 17.6 Å². The van der Waals surface area contributed by atoms with Crippen molar-refractivity contribution in [3.8, 4) is 0 Å². The van der Waals surface area contributed by atoms with Crippen molar-refractivity contribution in [2.45, 2.75) is 13.8 Å². The van der Waals surface area contributed by atoms with Gasteiger partial charge in [0.15, 0.2) is 0 Å². The Hall–Kier alpha value is -1.02. The first-order valence-electron chi connectivity index (χ1n) is 4.21. The molecular weight excluding hydrogens is 186 g/mol. The molecule has 0 unspecified atom stereocenters. The summed E-state index contributed by atoms with van der Waals surface area (Å²) in [6, 6.07) is 6.74. The van der Waals surface area contributed by atoms with E-state index in [0.29, 0.717) is 10.6 Å². The number of nitrogens with one attached hydrogen (secondary N) is 1. The van der Waals surface area contributed by atoms with Crippen molar-refractivity contribution in [3.05, 3.63) is 34.9 Å². The van der Waals surface area contributed by atoms with Crippen LogP contribution in [0.2, 0.25) is 5.02 Å². The van der Waals surface area contributed by atoms with Crippen LogP contribution in [0.3, 0.4) is 0 Å². The van der Waals surface area contributed by atoms with E-state index >= 15 is 0 Å². The van der Waals surface area contributed by atoms with Crippen molar-refractivity contribution in [2.75, 3.05) is 7.05 Å². The third kappa shape index (κ3) is 3.95. The highest BCUT2D eigenvalue weighted by atomic mass is 35.5. The van der Waals surface area contributed by atoms with Gasteiger partial charge in [-0.2, -0.15) is 0 Å². The highest BCUT2D eigenvalue weighted by Crippen LogP contribution is 2.08. The Labute approximate surface area is 83.9 Å². The first-order chi connectivity index (χ1) is 6.24. The van der Waals surface area contributed by atoms with E-state index in [1.807, 2.05) is 13.8 Å². The van der Waals surface area contributed by atoms with Crippen molar-refractivity contribution in [1.82, 2.24) is 5.32 Å². The summed E-state index contributed by atoms with van der Waals surface area (Å²) in [6.45, 7) is 4.00. The normalized spacial score (nSPS) is 8.31. The topological polar surface area (TPSA) is 29.1 Å². The molecule has 0 atom stereocenters. The first kappa shape index (κ1) is 12.0. The largest absolute Gasteiger partial charge is 0.355 e. The van der Waals surface area contributed by atoms with E-state index in [1.54, 1.807) is 31.3 Å². The van der Waals surface area contributed by atoms with E-state index in [0.717, 1.165) is 0 Å². The van der Waals surface area contributed by atoms with Crippen LogP contribution >= 0.6 is 11.6 Å². The molecule has 72 valence electrons. The van der Waals surface area contributed by atoms with Crippen LogP contribution in [-0.4, -0.2) is 13.0 Å². The lowest BCUT2D eigenvalue weighted by Gasteiger charge is -1.97. The quantitative estimate of drug-likeness (QED) is 0.741. The Morgan fingerprint density at radius 3 is 2.08 bits per heavy atom. The molecule has 0 saturated heterocycles. The maximum absolute atomic E-state index is 11.0. The SMILES string of the molecule is CC.CNC(=O)c1ccc(Cl)cc1. The minimum Gasteiger partial charge on any atom is -0.355 e. The van der Waals surface area contributed by atoms with Gasteiger partial charge < -0.3 is 5.32 Å². The molecule has 3 heteroatoms. The third-order valence-electron chi connectivity index (χ3n) is 1.33. The average molecular weight is 200 g/mol. The summed E-state index contributed by atoms with van der Waals surface area (Å²) in [5.41, 5.74) is 0.622. The molecule has 1 rings (SSSR count). The second-order valence-electron chi connectivity index (χ2n) is 2.09. The highest BCUT2D eigenvalue weighted by Gasteiger charge is 2.00. The molecule has 0 aliphatic rings. The Bertz CT molecular complexity index is 256. The zero-order valence-corrected chi connectivity index (χ0v) is 8.85. The maximum atomic E-state index is 11.0. The van der Waals surface area contributed by atoms with Crippen LogP contribution in [0.15, 0.2) is 24.3 Å². The number of carbonyl (C=O) groups is 1. The standard InChI is InChI=1S/C8H8ClNO.C2H6/c1-10-8(11)6-2-4-7(9)5-3-6;1-2/h2-5H,1H3,(H,10,11);1-2H3. The first-order valence-corrected chi connectivity index (χ1v) is 4.59. The predicted molar refractivity (Wildman–Crippen MR) is 56.2 cm³/mol. The van der Waals surface area contributed by atoms with E-state index in [2.05, 4.69) is 5.32 Å². The predicted octanol–water partition coefficient (Wildman–Crippen LogP) is 2.73. The third-order valence-corrected chi connectivity index (χ3v) is 1.59. The average Bonchev–Trinajstić information content (AvgIpc) is 2.21. The fraction of sp³-hybridized carbons (Fsp3) is 0.300. The van der Waals surface area contributed by atoms with E-state index in [9.17, 15) is 4.79 Å². The Balaban J connectivity index is 0.000000671. The fourth-order valence-electron chi connectivity index (χ4n) is 0.746. The summed E-state index contributed by atoms with van der Waals surface area (Å²) in [6.07, 6.45) is 0. The Morgan fingerprint density at radius 1 is 1.23 bits per heavy atom. The summed E-state index contributed by atoms with van der Waals surface area (Å²) < 4.78 is 0. The number of carbonyl (C=O) groups excluding carboxylic acids is 1. The molecule has 0 aliphatic carbocycles. The van der Waals surface area contributed by atoms with E-state index in [-0.39, 0.29) is 5.91 Å². The van der Waals surface area contributed by atoms with Gasteiger partial charge in [0.2, 0.25) is 0 Å². The highest BCUT2D eigenvalue weighted by molar-refractivity contribution is 6.30. The molecule has 1 aromatic carbocycles. The van der Waals surface area contributed by atoms with Gasteiger partial charge in [-0.15, -0.1) is 0 Å². The fourth-order valence-corrected chi connectivity index (χ4v) is 0.872. The van der Waals surface area contributed by atoms with Crippen molar-refractivity contribution >= 4 is 17.5 Å². The van der Waals surface area contributed by atoms with Gasteiger partial charge in [-0.1, -0.05) is 25.4 Å². The zero-order chi connectivity index (χ0) is 10.3. The molecule has 0 bridgehead atoms. The van der Waals surface area contributed by atoms with Crippen LogP contribution in [-0.2, 0) is 0 Å². The van der Waals surface area contributed by atoms with Crippen molar-refractivity contribution < 1.29 is 4.79 Å². The van der Waals surface area contributed by atoms with Crippen LogP contribution in [0, 0.1) is 0 Å². The molecule has 0 saturated carbocycles. The molecule has 0 aromatic heterocycles. The summed E-state index contributed by atoms with van der Waals surface area (Å²) >= 11 is 5.63. The summed E-state index contributed by atoms with van der Waals surface area (Å²) in [5.74, 6) is -0.0957. The maximum Gasteiger partial charge on any atom is 0.251 e. The molecule has 0 heterocycles. The van der Waals surface area contributed by atoms with Crippen LogP contribution < -0.4 is 5.32 Å². The minimum absolute atomic E-state index is 0.0957. The van der Waals surface area contributed by atoms with Crippen molar-refractivity contribution in [1.29, 1.82) is 0 Å². The monoisotopic (exact) mass is 199 g/mol. The van der Waals surface area contributed by atoms with E-state index in [4.69, 9.17) is 11.6 Å². The summed E-state index contributed by atoms with van der Waals surface area (Å²) in [4.78, 5) is 11.0.